The Hall–Kier alpha value is -1.17. The maximum atomic E-state index is 6.92. The van der Waals surface area contributed by atoms with E-state index in [1.54, 1.807) is 0 Å². The normalized spacial score (nSPS) is 14.7. The number of rotatable bonds is 9. The van der Waals surface area contributed by atoms with Crippen molar-refractivity contribution in [1.29, 1.82) is 0 Å². The number of ether oxygens (including phenoxy) is 1. The fraction of sp³-hybridized carbons (Fsp3) is 0.542. The zero-order valence-corrected chi connectivity index (χ0v) is 21.5. The number of aryl methyl sites for hydroxylation is 1. The quantitative estimate of drug-likeness (QED) is 0.355. The SMILES string of the molecule is CC(C)C(Oc1ccc(Br)cc1)C(CCc1ccccn1)O[Si](C)(C)C(C)(C)C. The van der Waals surface area contributed by atoms with E-state index in [1.165, 1.54) is 0 Å². The number of pyridine rings is 1. The molecular weight excluding hydrogens is 442 g/mol. The van der Waals surface area contributed by atoms with Crippen LogP contribution in [-0.4, -0.2) is 25.5 Å². The molecule has 0 aliphatic heterocycles. The van der Waals surface area contributed by atoms with Crippen molar-refractivity contribution in [3.63, 3.8) is 0 Å². The minimum Gasteiger partial charge on any atom is -0.488 e. The Morgan fingerprint density at radius 2 is 1.69 bits per heavy atom. The van der Waals surface area contributed by atoms with Crippen LogP contribution in [0.15, 0.2) is 53.1 Å². The van der Waals surface area contributed by atoms with Crippen LogP contribution in [0.5, 0.6) is 5.75 Å². The first-order valence-corrected chi connectivity index (χ1v) is 14.2. The van der Waals surface area contributed by atoms with E-state index in [2.05, 4.69) is 74.7 Å². The first-order valence-electron chi connectivity index (χ1n) is 10.5. The maximum Gasteiger partial charge on any atom is 0.192 e. The summed E-state index contributed by atoms with van der Waals surface area (Å²) in [6.45, 7) is 15.9. The summed E-state index contributed by atoms with van der Waals surface area (Å²) in [5.41, 5.74) is 1.10. The Bertz CT molecular complexity index is 742. The second-order valence-electron chi connectivity index (χ2n) is 9.56. The molecule has 0 spiro atoms. The lowest BCUT2D eigenvalue weighted by molar-refractivity contribution is 0.0122. The van der Waals surface area contributed by atoms with Crippen LogP contribution in [-0.2, 0) is 10.8 Å². The summed E-state index contributed by atoms with van der Waals surface area (Å²) in [5, 5.41) is 0.148. The van der Waals surface area contributed by atoms with Crippen LogP contribution in [0.2, 0.25) is 18.1 Å². The topological polar surface area (TPSA) is 31.4 Å². The second-order valence-corrected chi connectivity index (χ2v) is 15.2. The van der Waals surface area contributed by atoms with Crippen LogP contribution in [0, 0.1) is 5.92 Å². The van der Waals surface area contributed by atoms with Crippen molar-refractivity contribution in [2.45, 2.75) is 77.8 Å². The minimum atomic E-state index is -1.95. The Morgan fingerprint density at radius 1 is 1.03 bits per heavy atom. The van der Waals surface area contributed by atoms with Crippen molar-refractivity contribution in [3.8, 4) is 5.75 Å². The highest BCUT2D eigenvalue weighted by Crippen LogP contribution is 2.39. The number of nitrogens with zero attached hydrogens (tertiary/aromatic N) is 1. The van der Waals surface area contributed by atoms with E-state index in [9.17, 15) is 0 Å². The van der Waals surface area contributed by atoms with Gasteiger partial charge in [0.15, 0.2) is 8.32 Å². The standard InChI is InChI=1S/C24H36BrNO2Si/c1-18(2)23(27-21-14-11-19(25)12-15-21)22(28-29(6,7)24(3,4)5)16-13-20-10-8-9-17-26-20/h8-12,14-15,17-18,22-23H,13,16H2,1-7H3. The van der Waals surface area contributed by atoms with Crippen molar-refractivity contribution < 1.29 is 9.16 Å². The third-order valence-corrected chi connectivity index (χ3v) is 10.8. The third kappa shape index (κ3) is 7.23. The molecule has 5 heteroatoms. The van der Waals surface area contributed by atoms with Crippen molar-refractivity contribution in [2.24, 2.45) is 5.92 Å². The molecule has 0 saturated heterocycles. The molecule has 29 heavy (non-hydrogen) atoms. The number of hydrogen-bond acceptors (Lipinski definition) is 3. The van der Waals surface area contributed by atoms with Gasteiger partial charge in [-0.05, 0) is 73.3 Å². The maximum absolute atomic E-state index is 6.92. The van der Waals surface area contributed by atoms with Crippen molar-refractivity contribution in [3.05, 3.63) is 58.8 Å². The molecular formula is C24H36BrNO2Si. The van der Waals surface area contributed by atoms with Gasteiger partial charge in [-0.2, -0.15) is 0 Å². The Balaban J connectivity index is 2.26. The first-order chi connectivity index (χ1) is 13.5. The summed E-state index contributed by atoms with van der Waals surface area (Å²) in [6, 6.07) is 14.2. The zero-order chi connectivity index (χ0) is 21.7. The van der Waals surface area contributed by atoms with E-state index >= 15 is 0 Å². The fourth-order valence-electron chi connectivity index (χ4n) is 2.99. The molecule has 2 aromatic rings. The second kappa shape index (κ2) is 10.2. The van der Waals surface area contributed by atoms with Crippen LogP contribution in [0.1, 0.15) is 46.7 Å². The average molecular weight is 479 g/mol. The summed E-state index contributed by atoms with van der Waals surface area (Å²) < 4.78 is 14.5. The molecule has 0 radical (unpaired) electrons. The molecule has 1 heterocycles. The van der Waals surface area contributed by atoms with Crippen LogP contribution in [0.4, 0.5) is 0 Å². The van der Waals surface area contributed by atoms with Gasteiger partial charge in [-0.3, -0.25) is 4.98 Å². The molecule has 0 aliphatic carbocycles. The van der Waals surface area contributed by atoms with E-state index in [0.717, 1.165) is 28.8 Å². The Labute approximate surface area is 186 Å². The average Bonchev–Trinajstić information content (AvgIpc) is 2.64. The molecule has 2 rings (SSSR count). The molecule has 0 amide bonds. The molecule has 160 valence electrons. The highest BCUT2D eigenvalue weighted by Gasteiger charge is 2.41. The van der Waals surface area contributed by atoms with E-state index < -0.39 is 8.32 Å². The number of aromatic nitrogens is 1. The minimum absolute atomic E-state index is 0.0153. The monoisotopic (exact) mass is 477 g/mol. The van der Waals surface area contributed by atoms with Gasteiger partial charge in [0.25, 0.3) is 0 Å². The van der Waals surface area contributed by atoms with E-state index in [0.29, 0.717) is 5.92 Å². The lowest BCUT2D eigenvalue weighted by atomic mass is 9.97. The zero-order valence-electron chi connectivity index (χ0n) is 18.9. The molecule has 0 aliphatic rings. The molecule has 0 saturated carbocycles. The van der Waals surface area contributed by atoms with Gasteiger partial charge in [-0.15, -0.1) is 0 Å². The highest BCUT2D eigenvalue weighted by molar-refractivity contribution is 9.10. The molecule has 0 fully saturated rings. The number of hydrogen-bond donors (Lipinski definition) is 0. The van der Waals surface area contributed by atoms with Crippen molar-refractivity contribution >= 4 is 24.2 Å². The third-order valence-electron chi connectivity index (χ3n) is 5.77. The van der Waals surface area contributed by atoms with E-state index in [4.69, 9.17) is 9.16 Å². The van der Waals surface area contributed by atoms with Gasteiger partial charge >= 0.3 is 0 Å². The molecule has 1 aromatic heterocycles. The summed E-state index contributed by atoms with van der Waals surface area (Å²) in [4.78, 5) is 4.50. The van der Waals surface area contributed by atoms with Crippen molar-refractivity contribution in [1.82, 2.24) is 4.98 Å². The highest BCUT2D eigenvalue weighted by atomic mass is 79.9. The van der Waals surface area contributed by atoms with E-state index in [1.807, 2.05) is 42.6 Å². The van der Waals surface area contributed by atoms with Gasteiger partial charge in [0.05, 0.1) is 6.10 Å². The first kappa shape index (κ1) is 24.1. The smallest absolute Gasteiger partial charge is 0.192 e. The largest absolute Gasteiger partial charge is 0.488 e. The molecule has 3 nitrogen and oxygen atoms in total. The van der Waals surface area contributed by atoms with Gasteiger partial charge in [0.1, 0.15) is 11.9 Å². The van der Waals surface area contributed by atoms with Crippen LogP contribution in [0.3, 0.4) is 0 Å². The Kier molecular flexibility index (Phi) is 8.50. The predicted octanol–water partition coefficient (Wildman–Crippen LogP) is 7.27. The lowest BCUT2D eigenvalue weighted by Gasteiger charge is -2.42. The van der Waals surface area contributed by atoms with Gasteiger partial charge in [0.2, 0.25) is 0 Å². The summed E-state index contributed by atoms with van der Waals surface area (Å²) in [6.07, 6.45) is 3.63. The van der Waals surface area contributed by atoms with Crippen LogP contribution < -0.4 is 4.74 Å². The van der Waals surface area contributed by atoms with Crippen molar-refractivity contribution in [2.75, 3.05) is 0 Å². The van der Waals surface area contributed by atoms with Crippen LogP contribution >= 0.6 is 15.9 Å². The number of benzene rings is 1. The molecule has 0 N–H and O–H groups in total. The van der Waals surface area contributed by atoms with Crippen LogP contribution in [0.25, 0.3) is 0 Å². The fourth-order valence-corrected chi connectivity index (χ4v) is 4.62. The van der Waals surface area contributed by atoms with Gasteiger partial charge in [0, 0.05) is 16.4 Å². The summed E-state index contributed by atoms with van der Waals surface area (Å²) >= 11 is 3.50. The van der Waals surface area contributed by atoms with Gasteiger partial charge in [-0.25, -0.2) is 0 Å². The predicted molar refractivity (Wildman–Crippen MR) is 128 cm³/mol. The van der Waals surface area contributed by atoms with Gasteiger partial charge in [-0.1, -0.05) is 56.6 Å². The molecule has 2 atom stereocenters. The molecule has 0 bridgehead atoms. The molecule has 2 unspecified atom stereocenters. The van der Waals surface area contributed by atoms with E-state index in [-0.39, 0.29) is 17.2 Å². The summed E-state index contributed by atoms with van der Waals surface area (Å²) in [7, 11) is -1.95. The Morgan fingerprint density at radius 3 is 2.21 bits per heavy atom. The lowest BCUT2D eigenvalue weighted by Crippen LogP contribution is -2.49. The molecule has 1 aromatic carbocycles. The number of halogens is 1. The van der Waals surface area contributed by atoms with Gasteiger partial charge < -0.3 is 9.16 Å². The summed E-state index contributed by atoms with van der Waals surface area (Å²) in [5.74, 6) is 1.21.